The van der Waals surface area contributed by atoms with Crippen LogP contribution in [-0.4, -0.2) is 74.5 Å². The summed E-state index contributed by atoms with van der Waals surface area (Å²) in [6.45, 7) is 8.57. The summed E-state index contributed by atoms with van der Waals surface area (Å²) >= 11 is 0. The van der Waals surface area contributed by atoms with Crippen LogP contribution in [0.15, 0.2) is 55.6 Å². The van der Waals surface area contributed by atoms with Gasteiger partial charge < -0.3 is 35.3 Å². The fraction of sp³-hybridized carbons (Fsp3) is 0.562. The van der Waals surface area contributed by atoms with Crippen molar-refractivity contribution in [3.8, 4) is 0 Å². The van der Waals surface area contributed by atoms with Gasteiger partial charge in [-0.3, -0.25) is 14.4 Å². The van der Waals surface area contributed by atoms with Gasteiger partial charge in [-0.25, -0.2) is 4.79 Å². The van der Waals surface area contributed by atoms with E-state index in [1.54, 1.807) is 12.2 Å². The molecule has 0 fully saturated rings. The van der Waals surface area contributed by atoms with Gasteiger partial charge in [0.2, 0.25) is 11.8 Å². The van der Waals surface area contributed by atoms with E-state index in [1.807, 2.05) is 30.3 Å². The van der Waals surface area contributed by atoms with Crippen molar-refractivity contribution in [1.29, 1.82) is 0 Å². The monoisotopic (exact) mass is 603 g/mol. The minimum absolute atomic E-state index is 0.00772. The third-order valence-electron chi connectivity index (χ3n) is 6.35. The third-order valence-corrected chi connectivity index (χ3v) is 6.35. The maximum atomic E-state index is 13.1. The maximum absolute atomic E-state index is 13.1. The number of hydrogen-bond donors (Lipinski definition) is 4. The second kappa shape index (κ2) is 24.9. The number of unbranched alkanes of at least 4 members (excludes halogenated alkanes) is 3. The number of aliphatic hydroxyl groups is 1. The van der Waals surface area contributed by atoms with Gasteiger partial charge in [0.15, 0.2) is 0 Å². The second-order valence-corrected chi connectivity index (χ2v) is 10.0. The van der Waals surface area contributed by atoms with Gasteiger partial charge >= 0.3 is 12.1 Å². The molecular weight excluding hydrogens is 554 g/mol. The first-order chi connectivity index (χ1) is 20.9. The Bertz CT molecular complexity index is 957. The Morgan fingerprint density at radius 3 is 2.42 bits per heavy atom. The van der Waals surface area contributed by atoms with Gasteiger partial charge in [-0.2, -0.15) is 0 Å². The van der Waals surface area contributed by atoms with E-state index in [9.17, 15) is 19.2 Å². The molecule has 0 saturated carbocycles. The van der Waals surface area contributed by atoms with Gasteiger partial charge in [0.05, 0.1) is 31.8 Å². The fourth-order valence-corrected chi connectivity index (χ4v) is 4.03. The molecule has 0 radical (unpaired) electrons. The van der Waals surface area contributed by atoms with Crippen LogP contribution in [0.2, 0.25) is 0 Å². The topological polar surface area (TPSA) is 152 Å². The number of benzene rings is 1. The van der Waals surface area contributed by atoms with Gasteiger partial charge in [0.25, 0.3) is 0 Å². The summed E-state index contributed by atoms with van der Waals surface area (Å²) in [7, 11) is 0. The lowest BCUT2D eigenvalue weighted by Crippen LogP contribution is -2.43. The van der Waals surface area contributed by atoms with Gasteiger partial charge in [-0.1, -0.05) is 42.5 Å². The van der Waals surface area contributed by atoms with Crippen molar-refractivity contribution in [2.24, 2.45) is 5.92 Å². The van der Waals surface area contributed by atoms with Crippen LogP contribution in [0.25, 0.3) is 0 Å². The molecule has 3 amide bonds. The fourth-order valence-electron chi connectivity index (χ4n) is 4.03. The molecule has 1 aromatic rings. The highest BCUT2D eigenvalue weighted by Crippen LogP contribution is 2.12. The number of rotatable bonds is 25. The number of carbonyl (C=O) groups excluding carboxylic acids is 4. The zero-order valence-electron chi connectivity index (χ0n) is 25.2. The quantitative estimate of drug-likeness (QED) is 0.0752. The van der Waals surface area contributed by atoms with E-state index >= 15 is 0 Å². The summed E-state index contributed by atoms with van der Waals surface area (Å²) in [5.74, 6) is -1.62. The summed E-state index contributed by atoms with van der Waals surface area (Å²) in [4.78, 5) is 49.8. The molecule has 0 aliphatic rings. The molecule has 0 aliphatic heterocycles. The first-order valence-corrected chi connectivity index (χ1v) is 15.0. The van der Waals surface area contributed by atoms with Crippen LogP contribution in [0, 0.1) is 5.92 Å². The molecule has 0 spiro atoms. The number of carbonyl (C=O) groups is 4. The molecule has 1 rings (SSSR count). The summed E-state index contributed by atoms with van der Waals surface area (Å²) in [5, 5.41) is 17.1. The Morgan fingerprint density at radius 1 is 0.907 bits per heavy atom. The standard InChI is InChI=1S/C32H49N3O8/c1-3-5-6-10-17-30(38)42-25-28(16-11-12-18-34-32(40)43-24-26-14-8-7-9-15-26)35-31(39)27(13-4-2)23-29(37)33-19-21-41-22-20-36/h3-4,7-9,14-15,27-28,36H,1-2,5-6,10-13,16-25H2,(H,33,37)(H,34,40)(H,35,39)/t27-,28+/m1/s1. The zero-order chi connectivity index (χ0) is 31.5. The van der Waals surface area contributed by atoms with Crippen molar-refractivity contribution in [3.63, 3.8) is 0 Å². The molecule has 240 valence electrons. The third kappa shape index (κ3) is 19.9. The predicted octanol–water partition coefficient (Wildman–Crippen LogP) is 3.57. The van der Waals surface area contributed by atoms with Crippen LogP contribution in [0.5, 0.6) is 0 Å². The number of ether oxygens (including phenoxy) is 3. The highest BCUT2D eigenvalue weighted by Gasteiger charge is 2.24. The molecule has 0 heterocycles. The number of amides is 3. The van der Waals surface area contributed by atoms with E-state index in [4.69, 9.17) is 19.3 Å². The summed E-state index contributed by atoms with van der Waals surface area (Å²) in [6, 6.07) is 8.92. The lowest BCUT2D eigenvalue weighted by atomic mass is 9.98. The summed E-state index contributed by atoms with van der Waals surface area (Å²) in [5.41, 5.74) is 0.894. The van der Waals surface area contributed by atoms with Crippen LogP contribution < -0.4 is 16.0 Å². The SMILES string of the molecule is C=CCCCCC(=O)OC[C@H](CCCCNC(=O)OCc1ccccc1)NC(=O)[C@H](CC=C)CC(=O)NCCOCCO. The van der Waals surface area contributed by atoms with E-state index in [2.05, 4.69) is 29.1 Å². The summed E-state index contributed by atoms with van der Waals surface area (Å²) < 4.78 is 15.8. The van der Waals surface area contributed by atoms with E-state index in [1.165, 1.54) is 0 Å². The van der Waals surface area contributed by atoms with Crippen LogP contribution in [0.4, 0.5) is 4.79 Å². The second-order valence-electron chi connectivity index (χ2n) is 10.0. The van der Waals surface area contributed by atoms with Crippen molar-refractivity contribution in [1.82, 2.24) is 16.0 Å². The molecule has 0 aliphatic carbocycles. The number of esters is 1. The van der Waals surface area contributed by atoms with E-state index in [0.717, 1.165) is 18.4 Å². The first kappa shape index (κ1) is 37.3. The molecule has 0 bridgehead atoms. The van der Waals surface area contributed by atoms with E-state index in [-0.39, 0.29) is 70.2 Å². The largest absolute Gasteiger partial charge is 0.463 e. The average Bonchev–Trinajstić information content (AvgIpc) is 3.00. The Kier molecular flexibility index (Phi) is 21.6. The van der Waals surface area contributed by atoms with Crippen molar-refractivity contribution in [2.45, 2.75) is 70.4 Å². The molecule has 4 N–H and O–H groups in total. The van der Waals surface area contributed by atoms with Crippen molar-refractivity contribution in [2.75, 3.05) is 39.5 Å². The van der Waals surface area contributed by atoms with Crippen LogP contribution >= 0.6 is 0 Å². The normalized spacial score (nSPS) is 11.9. The van der Waals surface area contributed by atoms with E-state index in [0.29, 0.717) is 38.6 Å². The molecule has 2 atom stereocenters. The molecule has 11 nitrogen and oxygen atoms in total. The predicted molar refractivity (Wildman–Crippen MR) is 164 cm³/mol. The Labute approximate surface area is 255 Å². The highest BCUT2D eigenvalue weighted by molar-refractivity contribution is 5.86. The summed E-state index contributed by atoms with van der Waals surface area (Å²) in [6.07, 6.45) is 7.55. The molecule has 0 aromatic heterocycles. The number of alkyl carbamates (subject to hydrolysis) is 1. The van der Waals surface area contributed by atoms with Crippen molar-refractivity contribution in [3.05, 3.63) is 61.2 Å². The van der Waals surface area contributed by atoms with Crippen LogP contribution in [0.3, 0.4) is 0 Å². The Morgan fingerprint density at radius 2 is 1.70 bits per heavy atom. The molecule has 0 saturated heterocycles. The molecular formula is C32H49N3O8. The minimum atomic E-state index is -0.644. The average molecular weight is 604 g/mol. The maximum Gasteiger partial charge on any atom is 0.407 e. The molecule has 43 heavy (non-hydrogen) atoms. The van der Waals surface area contributed by atoms with Crippen molar-refractivity contribution < 1.29 is 38.5 Å². The lowest BCUT2D eigenvalue weighted by Gasteiger charge is -2.22. The number of allylic oxidation sites excluding steroid dienone is 2. The molecule has 11 heteroatoms. The van der Waals surface area contributed by atoms with Gasteiger partial charge in [0, 0.05) is 25.9 Å². The molecule has 1 aromatic carbocycles. The van der Waals surface area contributed by atoms with Crippen molar-refractivity contribution >= 4 is 23.9 Å². The van der Waals surface area contributed by atoms with Crippen LogP contribution in [-0.2, 0) is 35.2 Å². The Hall–Kier alpha value is -3.70. The van der Waals surface area contributed by atoms with Crippen LogP contribution in [0.1, 0.15) is 63.4 Å². The van der Waals surface area contributed by atoms with Gasteiger partial charge in [-0.15, -0.1) is 13.2 Å². The smallest absolute Gasteiger partial charge is 0.407 e. The first-order valence-electron chi connectivity index (χ1n) is 15.0. The lowest BCUT2D eigenvalue weighted by molar-refractivity contribution is -0.145. The molecule has 0 unspecified atom stereocenters. The minimum Gasteiger partial charge on any atom is -0.463 e. The van der Waals surface area contributed by atoms with E-state index < -0.39 is 18.1 Å². The van der Waals surface area contributed by atoms with Gasteiger partial charge in [-0.05, 0) is 50.5 Å². The Balaban J connectivity index is 2.58. The number of nitrogens with one attached hydrogen (secondary N) is 3. The zero-order valence-corrected chi connectivity index (χ0v) is 25.2. The number of hydrogen-bond acceptors (Lipinski definition) is 8. The van der Waals surface area contributed by atoms with Gasteiger partial charge in [0.1, 0.15) is 13.2 Å². The highest BCUT2D eigenvalue weighted by atomic mass is 16.5. The number of aliphatic hydroxyl groups excluding tert-OH is 1.